The van der Waals surface area contributed by atoms with Crippen molar-refractivity contribution in [2.45, 2.75) is 32.2 Å². The molecule has 0 fully saturated rings. The van der Waals surface area contributed by atoms with Crippen molar-refractivity contribution in [2.24, 2.45) is 29.1 Å². The summed E-state index contributed by atoms with van der Waals surface area (Å²) in [6.07, 6.45) is 2.83. The van der Waals surface area contributed by atoms with Crippen molar-refractivity contribution in [3.8, 4) is 0 Å². The molecule has 0 aliphatic rings. The standard InChI is InChI=1S/C8H23N5/c1-7(4-6-10)8(13(11)12)3-2-5-9/h7-8H,2-6,9-12H2,1H3. The summed E-state index contributed by atoms with van der Waals surface area (Å²) >= 11 is 0. The van der Waals surface area contributed by atoms with E-state index in [1.165, 1.54) is 5.12 Å². The van der Waals surface area contributed by atoms with Crippen LogP contribution in [-0.4, -0.2) is 24.2 Å². The van der Waals surface area contributed by atoms with Crippen LogP contribution in [0.3, 0.4) is 0 Å². The van der Waals surface area contributed by atoms with Crippen LogP contribution in [0.2, 0.25) is 0 Å². The minimum absolute atomic E-state index is 0.187. The normalized spacial score (nSPS) is 16.2. The van der Waals surface area contributed by atoms with E-state index in [-0.39, 0.29) is 6.04 Å². The van der Waals surface area contributed by atoms with Gasteiger partial charge in [0.25, 0.3) is 0 Å². The van der Waals surface area contributed by atoms with Gasteiger partial charge in [0.05, 0.1) is 0 Å². The molecule has 0 aromatic carbocycles. The van der Waals surface area contributed by atoms with Crippen LogP contribution >= 0.6 is 0 Å². The second kappa shape index (κ2) is 7.23. The molecule has 0 aromatic heterocycles. The van der Waals surface area contributed by atoms with E-state index in [2.05, 4.69) is 6.92 Å². The third-order valence-corrected chi connectivity index (χ3v) is 2.37. The maximum Gasteiger partial charge on any atom is 0.0421 e. The Morgan fingerprint density at radius 3 is 2.08 bits per heavy atom. The highest BCUT2D eigenvalue weighted by Gasteiger charge is 2.19. The van der Waals surface area contributed by atoms with E-state index in [1.54, 1.807) is 0 Å². The van der Waals surface area contributed by atoms with Crippen molar-refractivity contribution in [2.75, 3.05) is 13.1 Å². The number of rotatable bonds is 7. The second-order valence-electron chi connectivity index (χ2n) is 3.50. The van der Waals surface area contributed by atoms with Gasteiger partial charge in [0, 0.05) is 6.04 Å². The van der Waals surface area contributed by atoms with Crippen molar-refractivity contribution in [3.63, 3.8) is 0 Å². The molecular weight excluding hydrogens is 166 g/mol. The van der Waals surface area contributed by atoms with E-state index in [9.17, 15) is 0 Å². The smallest absolute Gasteiger partial charge is 0.0421 e. The molecule has 5 nitrogen and oxygen atoms in total. The quantitative estimate of drug-likeness (QED) is 0.307. The summed E-state index contributed by atoms with van der Waals surface area (Å²) in [6, 6.07) is 0.187. The summed E-state index contributed by atoms with van der Waals surface area (Å²) in [7, 11) is 0. The lowest BCUT2D eigenvalue weighted by atomic mass is 9.94. The molecule has 0 spiro atoms. The fourth-order valence-electron chi connectivity index (χ4n) is 1.51. The Labute approximate surface area is 80.4 Å². The van der Waals surface area contributed by atoms with E-state index in [0.717, 1.165) is 19.3 Å². The maximum absolute atomic E-state index is 5.54. The number of nitrogens with zero attached hydrogens (tertiary/aromatic N) is 1. The largest absolute Gasteiger partial charge is 0.330 e. The van der Waals surface area contributed by atoms with Gasteiger partial charge in [0.1, 0.15) is 0 Å². The lowest BCUT2D eigenvalue weighted by molar-refractivity contribution is 0.137. The van der Waals surface area contributed by atoms with Gasteiger partial charge < -0.3 is 11.5 Å². The van der Waals surface area contributed by atoms with Crippen LogP contribution in [0.25, 0.3) is 0 Å². The molecule has 8 N–H and O–H groups in total. The van der Waals surface area contributed by atoms with Gasteiger partial charge in [-0.3, -0.25) is 11.7 Å². The van der Waals surface area contributed by atoms with Gasteiger partial charge in [-0.05, 0) is 38.3 Å². The first-order valence-corrected chi connectivity index (χ1v) is 4.82. The van der Waals surface area contributed by atoms with Crippen molar-refractivity contribution < 1.29 is 0 Å². The van der Waals surface area contributed by atoms with Crippen molar-refractivity contribution in [3.05, 3.63) is 0 Å². The van der Waals surface area contributed by atoms with Gasteiger partial charge in [-0.15, -0.1) is 0 Å². The lowest BCUT2D eigenvalue weighted by Crippen LogP contribution is -2.50. The van der Waals surface area contributed by atoms with Crippen LogP contribution in [0.5, 0.6) is 0 Å². The van der Waals surface area contributed by atoms with Gasteiger partial charge >= 0.3 is 0 Å². The summed E-state index contributed by atoms with van der Waals surface area (Å²) in [6.45, 7) is 3.47. The van der Waals surface area contributed by atoms with E-state index in [0.29, 0.717) is 19.0 Å². The molecule has 0 radical (unpaired) electrons. The summed E-state index contributed by atoms with van der Waals surface area (Å²) < 4.78 is 0. The molecule has 0 bridgehead atoms. The monoisotopic (exact) mass is 189 g/mol. The van der Waals surface area contributed by atoms with Crippen LogP contribution in [0.15, 0.2) is 0 Å². The number of hydrogen-bond acceptors (Lipinski definition) is 5. The van der Waals surface area contributed by atoms with Crippen molar-refractivity contribution >= 4 is 0 Å². The van der Waals surface area contributed by atoms with E-state index < -0.39 is 0 Å². The Bertz CT molecular complexity index is 117. The molecular formula is C8H23N5. The maximum atomic E-state index is 5.54. The van der Waals surface area contributed by atoms with Gasteiger partial charge in [-0.1, -0.05) is 6.92 Å². The minimum Gasteiger partial charge on any atom is -0.330 e. The highest BCUT2D eigenvalue weighted by Crippen LogP contribution is 2.14. The zero-order chi connectivity index (χ0) is 10.3. The molecule has 2 unspecified atom stereocenters. The van der Waals surface area contributed by atoms with Crippen molar-refractivity contribution in [1.29, 1.82) is 0 Å². The summed E-state index contributed by atoms with van der Waals surface area (Å²) in [5, 5.41) is 1.29. The van der Waals surface area contributed by atoms with Crippen molar-refractivity contribution in [1.82, 2.24) is 5.12 Å². The highest BCUT2D eigenvalue weighted by molar-refractivity contribution is 4.71. The third-order valence-electron chi connectivity index (χ3n) is 2.37. The fraction of sp³-hybridized carbons (Fsp3) is 1.00. The van der Waals surface area contributed by atoms with Gasteiger partial charge in [0.2, 0.25) is 0 Å². The zero-order valence-corrected chi connectivity index (χ0v) is 8.45. The van der Waals surface area contributed by atoms with E-state index >= 15 is 0 Å². The SMILES string of the molecule is CC(CCN)C(CCCN)N(N)N. The first-order chi connectivity index (χ1) is 6.13. The highest BCUT2D eigenvalue weighted by atomic mass is 15.6. The molecule has 0 aliphatic heterocycles. The average molecular weight is 189 g/mol. The van der Waals surface area contributed by atoms with Gasteiger partial charge in [-0.25, -0.2) is 0 Å². The number of hydrogen-bond donors (Lipinski definition) is 4. The average Bonchev–Trinajstić information content (AvgIpc) is 2.05. The molecule has 2 atom stereocenters. The Balaban J connectivity index is 3.91. The topological polar surface area (TPSA) is 107 Å². The lowest BCUT2D eigenvalue weighted by Gasteiger charge is -2.28. The predicted octanol–water partition coefficient (Wildman–Crippen LogP) is -0.872. The molecule has 0 aromatic rings. The van der Waals surface area contributed by atoms with Crippen LogP contribution in [0.4, 0.5) is 0 Å². The van der Waals surface area contributed by atoms with Gasteiger partial charge in [0.15, 0.2) is 0 Å². The summed E-state index contributed by atoms with van der Waals surface area (Å²) in [4.78, 5) is 0. The fourth-order valence-corrected chi connectivity index (χ4v) is 1.51. The van der Waals surface area contributed by atoms with E-state index in [1.807, 2.05) is 0 Å². The molecule has 13 heavy (non-hydrogen) atoms. The molecule has 0 rings (SSSR count). The Hall–Kier alpha value is -0.200. The molecule has 80 valence electrons. The molecule has 0 amide bonds. The zero-order valence-electron chi connectivity index (χ0n) is 8.45. The Morgan fingerprint density at radius 2 is 1.69 bits per heavy atom. The molecule has 0 saturated carbocycles. The molecule has 0 heterocycles. The van der Waals surface area contributed by atoms with Crippen LogP contribution in [0, 0.1) is 5.92 Å². The minimum atomic E-state index is 0.187. The Morgan fingerprint density at radius 1 is 1.08 bits per heavy atom. The third kappa shape index (κ3) is 5.17. The first kappa shape index (κ1) is 12.8. The number of nitrogens with two attached hydrogens (primary N) is 4. The first-order valence-electron chi connectivity index (χ1n) is 4.82. The number of hydrazine groups is 2. The summed E-state index contributed by atoms with van der Waals surface area (Å²) in [5.74, 6) is 11.5. The van der Waals surface area contributed by atoms with Crippen LogP contribution < -0.4 is 23.2 Å². The van der Waals surface area contributed by atoms with Crippen LogP contribution in [0.1, 0.15) is 26.2 Å². The predicted molar refractivity (Wildman–Crippen MR) is 55.1 cm³/mol. The van der Waals surface area contributed by atoms with Gasteiger partial charge in [-0.2, -0.15) is 5.12 Å². The van der Waals surface area contributed by atoms with E-state index in [4.69, 9.17) is 23.2 Å². The molecule has 0 saturated heterocycles. The molecule has 0 aliphatic carbocycles. The van der Waals surface area contributed by atoms with Crippen LogP contribution in [-0.2, 0) is 0 Å². The summed E-state index contributed by atoms with van der Waals surface area (Å²) in [5.41, 5.74) is 10.9. The second-order valence-corrected chi connectivity index (χ2v) is 3.50. The Kier molecular flexibility index (Phi) is 7.12. The molecule has 5 heteroatoms.